The van der Waals surface area contributed by atoms with Crippen molar-refractivity contribution in [3.8, 4) is 6.07 Å². The van der Waals surface area contributed by atoms with Crippen molar-refractivity contribution in [3.05, 3.63) is 0 Å². The van der Waals surface area contributed by atoms with E-state index in [0.29, 0.717) is 19.4 Å². The van der Waals surface area contributed by atoms with Crippen molar-refractivity contribution in [2.24, 2.45) is 0 Å². The van der Waals surface area contributed by atoms with Gasteiger partial charge in [-0.05, 0) is 20.3 Å². The third-order valence-corrected chi connectivity index (χ3v) is 1.34. The summed E-state index contributed by atoms with van der Waals surface area (Å²) in [7, 11) is 0. The lowest BCUT2D eigenvalue weighted by Crippen LogP contribution is -2.29. The number of nitrogens with zero attached hydrogens (tertiary/aromatic N) is 1. The zero-order valence-electron chi connectivity index (χ0n) is 8.17. The predicted molar refractivity (Wildman–Crippen MR) is 48.9 cm³/mol. The largest absolute Gasteiger partial charge is 0.369 e. The topological polar surface area (TPSA) is 62.1 Å². The van der Waals surface area contributed by atoms with Gasteiger partial charge < -0.3 is 10.1 Å². The van der Waals surface area contributed by atoms with Crippen molar-refractivity contribution in [2.45, 2.75) is 32.8 Å². The van der Waals surface area contributed by atoms with Gasteiger partial charge in [-0.1, -0.05) is 0 Å². The Labute approximate surface area is 78.9 Å². The number of unbranched alkanes of at least 4 members (excludes halogenated alkanes) is 1. The second-order valence-electron chi connectivity index (χ2n) is 2.97. The molecular weight excluding hydrogens is 168 g/mol. The standard InChI is InChI=1S/C9H16N2O2/c1-8(2)13-7-9(12)11-6-4-3-5-10/h8H,3-4,6-7H2,1-2H3,(H,11,12). The molecule has 0 aromatic heterocycles. The number of hydrogen-bond acceptors (Lipinski definition) is 3. The first kappa shape index (κ1) is 11.9. The van der Waals surface area contributed by atoms with E-state index in [1.165, 1.54) is 0 Å². The maximum atomic E-state index is 11.0. The van der Waals surface area contributed by atoms with E-state index >= 15 is 0 Å². The van der Waals surface area contributed by atoms with E-state index in [4.69, 9.17) is 10.00 Å². The SMILES string of the molecule is CC(C)OCC(=O)NCCCC#N. The van der Waals surface area contributed by atoms with E-state index in [2.05, 4.69) is 5.32 Å². The molecule has 0 aromatic rings. The molecule has 0 rings (SSSR count). The number of hydrogen-bond donors (Lipinski definition) is 1. The summed E-state index contributed by atoms with van der Waals surface area (Å²) in [6, 6.07) is 2.01. The van der Waals surface area contributed by atoms with Crippen LogP contribution in [0.1, 0.15) is 26.7 Å². The van der Waals surface area contributed by atoms with Gasteiger partial charge in [0.1, 0.15) is 6.61 Å². The molecule has 1 amide bonds. The van der Waals surface area contributed by atoms with Crippen LogP contribution in [0.15, 0.2) is 0 Å². The highest BCUT2D eigenvalue weighted by Crippen LogP contribution is 1.87. The molecule has 0 bridgehead atoms. The van der Waals surface area contributed by atoms with Gasteiger partial charge in [0.05, 0.1) is 12.2 Å². The Morgan fingerprint density at radius 3 is 2.85 bits per heavy atom. The molecule has 0 fully saturated rings. The fourth-order valence-corrected chi connectivity index (χ4v) is 0.689. The number of amides is 1. The first-order chi connectivity index (χ1) is 6.16. The van der Waals surface area contributed by atoms with Crippen LogP contribution < -0.4 is 5.32 Å². The van der Waals surface area contributed by atoms with E-state index in [1.54, 1.807) is 0 Å². The van der Waals surface area contributed by atoms with Crippen LogP contribution in [0.25, 0.3) is 0 Å². The fraction of sp³-hybridized carbons (Fsp3) is 0.778. The highest BCUT2D eigenvalue weighted by atomic mass is 16.5. The molecule has 0 unspecified atom stereocenters. The molecule has 0 heterocycles. The molecule has 4 heteroatoms. The summed E-state index contributed by atoms with van der Waals surface area (Å²) in [6.45, 7) is 4.41. The Bertz CT molecular complexity index is 185. The summed E-state index contributed by atoms with van der Waals surface area (Å²) in [4.78, 5) is 11.0. The molecule has 0 spiro atoms. The van der Waals surface area contributed by atoms with E-state index < -0.39 is 0 Å². The average Bonchev–Trinajstić information content (AvgIpc) is 2.09. The van der Waals surface area contributed by atoms with Crippen molar-refractivity contribution >= 4 is 5.91 Å². The molecule has 0 radical (unpaired) electrons. The summed E-state index contributed by atoms with van der Waals surface area (Å²) in [6.07, 6.45) is 1.25. The minimum Gasteiger partial charge on any atom is -0.369 e. The number of rotatable bonds is 6. The van der Waals surface area contributed by atoms with Crippen molar-refractivity contribution in [2.75, 3.05) is 13.2 Å². The first-order valence-electron chi connectivity index (χ1n) is 4.42. The second-order valence-corrected chi connectivity index (χ2v) is 2.97. The third kappa shape index (κ3) is 8.83. The first-order valence-corrected chi connectivity index (χ1v) is 4.42. The summed E-state index contributed by atoms with van der Waals surface area (Å²) < 4.78 is 5.08. The second kappa shape index (κ2) is 7.56. The summed E-state index contributed by atoms with van der Waals surface area (Å²) >= 11 is 0. The molecule has 0 aliphatic heterocycles. The number of carbonyl (C=O) groups is 1. The van der Waals surface area contributed by atoms with E-state index in [-0.39, 0.29) is 18.6 Å². The molecule has 0 aromatic carbocycles. The van der Waals surface area contributed by atoms with Crippen molar-refractivity contribution in [1.82, 2.24) is 5.32 Å². The summed E-state index contributed by atoms with van der Waals surface area (Å²) in [5, 5.41) is 10.9. The highest BCUT2D eigenvalue weighted by molar-refractivity contribution is 5.77. The van der Waals surface area contributed by atoms with Gasteiger partial charge in [0.2, 0.25) is 5.91 Å². The van der Waals surface area contributed by atoms with Crippen LogP contribution in [-0.2, 0) is 9.53 Å². The molecule has 0 saturated heterocycles. The van der Waals surface area contributed by atoms with Crippen LogP contribution in [0, 0.1) is 11.3 Å². The maximum absolute atomic E-state index is 11.0. The molecule has 0 aliphatic rings. The Balaban J connectivity index is 3.26. The summed E-state index contributed by atoms with van der Waals surface area (Å²) in [5.41, 5.74) is 0. The molecule has 0 saturated carbocycles. The van der Waals surface area contributed by atoms with Gasteiger partial charge in [-0.25, -0.2) is 0 Å². The minimum atomic E-state index is -0.119. The molecule has 13 heavy (non-hydrogen) atoms. The molecular formula is C9H16N2O2. The van der Waals surface area contributed by atoms with Crippen molar-refractivity contribution in [3.63, 3.8) is 0 Å². The number of carbonyl (C=O) groups excluding carboxylic acids is 1. The van der Waals surface area contributed by atoms with Gasteiger partial charge >= 0.3 is 0 Å². The Morgan fingerprint density at radius 1 is 1.62 bits per heavy atom. The predicted octanol–water partition coefficient (Wildman–Crippen LogP) is 0.831. The fourth-order valence-electron chi connectivity index (χ4n) is 0.689. The monoisotopic (exact) mass is 184 g/mol. The maximum Gasteiger partial charge on any atom is 0.246 e. The Morgan fingerprint density at radius 2 is 2.31 bits per heavy atom. The lowest BCUT2D eigenvalue weighted by molar-refractivity contribution is -0.127. The lowest BCUT2D eigenvalue weighted by Gasteiger charge is -2.07. The van der Waals surface area contributed by atoms with Crippen LogP contribution in [-0.4, -0.2) is 25.2 Å². The van der Waals surface area contributed by atoms with Crippen LogP contribution in [0.3, 0.4) is 0 Å². The van der Waals surface area contributed by atoms with Crippen LogP contribution in [0.4, 0.5) is 0 Å². The highest BCUT2D eigenvalue weighted by Gasteiger charge is 2.01. The number of ether oxygens (including phenoxy) is 1. The molecule has 1 N–H and O–H groups in total. The van der Waals surface area contributed by atoms with Gasteiger partial charge in [0.15, 0.2) is 0 Å². The lowest BCUT2D eigenvalue weighted by atomic mass is 10.3. The van der Waals surface area contributed by atoms with Crippen molar-refractivity contribution in [1.29, 1.82) is 5.26 Å². The summed E-state index contributed by atoms with van der Waals surface area (Å²) in [5.74, 6) is -0.119. The van der Waals surface area contributed by atoms with Crippen molar-refractivity contribution < 1.29 is 9.53 Å². The van der Waals surface area contributed by atoms with Gasteiger partial charge in [-0.15, -0.1) is 0 Å². The normalized spacial score (nSPS) is 9.69. The Hall–Kier alpha value is -1.08. The smallest absolute Gasteiger partial charge is 0.246 e. The molecule has 74 valence electrons. The van der Waals surface area contributed by atoms with Crippen LogP contribution in [0.5, 0.6) is 0 Å². The number of nitrogens with one attached hydrogen (secondary N) is 1. The van der Waals surface area contributed by atoms with Crippen LogP contribution >= 0.6 is 0 Å². The zero-order chi connectivity index (χ0) is 10.1. The van der Waals surface area contributed by atoms with Gasteiger partial charge in [0.25, 0.3) is 0 Å². The van der Waals surface area contributed by atoms with Gasteiger partial charge in [-0.3, -0.25) is 4.79 Å². The molecule has 4 nitrogen and oxygen atoms in total. The quantitative estimate of drug-likeness (QED) is 0.622. The number of nitriles is 1. The minimum absolute atomic E-state index is 0.0739. The zero-order valence-corrected chi connectivity index (χ0v) is 8.17. The average molecular weight is 184 g/mol. The van der Waals surface area contributed by atoms with Crippen LogP contribution in [0.2, 0.25) is 0 Å². The van der Waals surface area contributed by atoms with E-state index in [0.717, 1.165) is 0 Å². The third-order valence-electron chi connectivity index (χ3n) is 1.34. The van der Waals surface area contributed by atoms with E-state index in [1.807, 2.05) is 19.9 Å². The van der Waals surface area contributed by atoms with Gasteiger partial charge in [-0.2, -0.15) is 5.26 Å². The molecule has 0 aliphatic carbocycles. The Kier molecular flexibility index (Phi) is 6.93. The molecule has 0 atom stereocenters. The van der Waals surface area contributed by atoms with Gasteiger partial charge in [0, 0.05) is 13.0 Å². The van der Waals surface area contributed by atoms with E-state index in [9.17, 15) is 4.79 Å².